The molecule has 9 nitrogen and oxygen atoms in total. The van der Waals surface area contributed by atoms with Gasteiger partial charge in [-0.1, -0.05) is 368 Å². The number of allylic oxidation sites excluding steroid dienone is 15. The number of ether oxygens (including phenoxy) is 2. The van der Waals surface area contributed by atoms with Gasteiger partial charge in [0.25, 0.3) is 0 Å². The highest BCUT2D eigenvalue weighted by Gasteiger charge is 2.44. The highest BCUT2D eigenvalue weighted by atomic mass is 16.7. The van der Waals surface area contributed by atoms with Crippen molar-refractivity contribution in [1.82, 2.24) is 5.32 Å². The van der Waals surface area contributed by atoms with Crippen LogP contribution in [0.4, 0.5) is 0 Å². The number of amides is 1. The van der Waals surface area contributed by atoms with Gasteiger partial charge in [-0.25, -0.2) is 0 Å². The van der Waals surface area contributed by atoms with Gasteiger partial charge in [0.1, 0.15) is 24.4 Å². The molecular formula is C83H149NO8. The van der Waals surface area contributed by atoms with Crippen molar-refractivity contribution in [3.8, 4) is 0 Å². The van der Waals surface area contributed by atoms with E-state index in [1.807, 2.05) is 6.08 Å². The Morgan fingerprint density at radius 1 is 0.380 bits per heavy atom. The second-order valence-corrected chi connectivity index (χ2v) is 27.1. The lowest BCUT2D eigenvalue weighted by Gasteiger charge is -2.40. The minimum atomic E-state index is -1.58. The molecule has 0 aliphatic carbocycles. The van der Waals surface area contributed by atoms with Crippen LogP contribution in [0.25, 0.3) is 0 Å². The van der Waals surface area contributed by atoms with Crippen LogP contribution in [0, 0.1) is 0 Å². The number of carbonyl (C=O) groups excluding carboxylic acids is 1. The summed E-state index contributed by atoms with van der Waals surface area (Å²) in [6.45, 7) is 3.69. The van der Waals surface area contributed by atoms with Crippen molar-refractivity contribution in [3.05, 3.63) is 97.2 Å². The average Bonchev–Trinajstić information content (AvgIpc) is 1.45. The molecule has 0 spiro atoms. The van der Waals surface area contributed by atoms with Crippen molar-refractivity contribution in [2.45, 2.75) is 410 Å². The summed E-state index contributed by atoms with van der Waals surface area (Å²) >= 11 is 0. The summed E-state index contributed by atoms with van der Waals surface area (Å²) < 4.78 is 11.3. The van der Waals surface area contributed by atoms with Crippen LogP contribution in [0.5, 0.6) is 0 Å². The number of carbonyl (C=O) groups is 1. The molecule has 1 aliphatic rings. The van der Waals surface area contributed by atoms with E-state index in [2.05, 4.69) is 104 Å². The minimum absolute atomic E-state index is 0.186. The van der Waals surface area contributed by atoms with Crippen LogP contribution in [0.15, 0.2) is 97.2 Å². The number of aliphatic hydroxyl groups excluding tert-OH is 5. The second kappa shape index (κ2) is 70.9. The van der Waals surface area contributed by atoms with E-state index in [1.165, 1.54) is 270 Å². The largest absolute Gasteiger partial charge is 0.394 e. The summed E-state index contributed by atoms with van der Waals surface area (Å²) in [6.07, 6.45) is 97.0. The van der Waals surface area contributed by atoms with Crippen LogP contribution in [-0.2, 0) is 14.3 Å². The zero-order chi connectivity index (χ0) is 66.4. The van der Waals surface area contributed by atoms with Gasteiger partial charge < -0.3 is 40.3 Å². The van der Waals surface area contributed by atoms with Crippen molar-refractivity contribution >= 4 is 5.91 Å². The van der Waals surface area contributed by atoms with E-state index in [-0.39, 0.29) is 12.5 Å². The van der Waals surface area contributed by atoms with Crippen LogP contribution in [0.2, 0.25) is 0 Å². The molecule has 0 aromatic heterocycles. The van der Waals surface area contributed by atoms with Crippen molar-refractivity contribution < 1.29 is 39.8 Å². The molecule has 1 amide bonds. The monoisotopic (exact) mass is 1290 g/mol. The Kier molecular flexibility index (Phi) is 67.1. The first-order valence-corrected chi connectivity index (χ1v) is 39.5. The molecule has 1 aliphatic heterocycles. The quantitative estimate of drug-likeness (QED) is 0.0261. The molecule has 7 unspecified atom stereocenters. The van der Waals surface area contributed by atoms with E-state index < -0.39 is 49.5 Å². The normalized spacial score (nSPS) is 18.2. The predicted octanol–water partition coefficient (Wildman–Crippen LogP) is 22.6. The highest BCUT2D eigenvalue weighted by Crippen LogP contribution is 2.24. The number of hydrogen-bond acceptors (Lipinski definition) is 8. The minimum Gasteiger partial charge on any atom is -0.394 e. The zero-order valence-electron chi connectivity index (χ0n) is 60.0. The van der Waals surface area contributed by atoms with E-state index in [9.17, 15) is 30.3 Å². The van der Waals surface area contributed by atoms with Gasteiger partial charge in [0.05, 0.1) is 25.4 Å². The first kappa shape index (κ1) is 87.1. The summed E-state index contributed by atoms with van der Waals surface area (Å²) in [6, 6.07) is -0.833. The Morgan fingerprint density at radius 2 is 0.685 bits per heavy atom. The molecule has 1 rings (SSSR count). The summed E-state index contributed by atoms with van der Waals surface area (Å²) in [5.41, 5.74) is 0. The third-order valence-corrected chi connectivity index (χ3v) is 18.4. The van der Waals surface area contributed by atoms with Gasteiger partial charge in [-0.3, -0.25) is 4.79 Å². The average molecular weight is 1290 g/mol. The maximum Gasteiger partial charge on any atom is 0.220 e. The summed E-state index contributed by atoms with van der Waals surface area (Å²) in [5.74, 6) is -0.186. The third-order valence-electron chi connectivity index (χ3n) is 18.4. The number of aliphatic hydroxyl groups is 5. The van der Waals surface area contributed by atoms with Gasteiger partial charge in [-0.05, 0) is 89.9 Å². The van der Waals surface area contributed by atoms with Gasteiger partial charge >= 0.3 is 0 Å². The van der Waals surface area contributed by atoms with Crippen LogP contribution < -0.4 is 5.32 Å². The molecule has 1 heterocycles. The van der Waals surface area contributed by atoms with Crippen LogP contribution >= 0.6 is 0 Å². The first-order valence-electron chi connectivity index (χ1n) is 39.5. The van der Waals surface area contributed by atoms with Gasteiger partial charge in [-0.15, -0.1) is 0 Å². The zero-order valence-corrected chi connectivity index (χ0v) is 60.0. The van der Waals surface area contributed by atoms with Gasteiger partial charge in [-0.2, -0.15) is 0 Å². The Morgan fingerprint density at radius 3 is 1.04 bits per heavy atom. The van der Waals surface area contributed by atoms with E-state index in [0.717, 1.165) is 77.0 Å². The number of rotatable bonds is 69. The molecule has 0 bridgehead atoms. The molecule has 6 N–H and O–H groups in total. The number of hydrogen-bond donors (Lipinski definition) is 6. The Balaban J connectivity index is 2.09. The fourth-order valence-corrected chi connectivity index (χ4v) is 12.3. The molecule has 1 fully saturated rings. The molecule has 9 heteroatoms. The van der Waals surface area contributed by atoms with E-state index >= 15 is 0 Å². The third kappa shape index (κ3) is 58.5. The van der Waals surface area contributed by atoms with Crippen molar-refractivity contribution in [1.29, 1.82) is 0 Å². The molecule has 0 saturated carbocycles. The fraction of sp³-hybridized carbons (Fsp3) is 0.795. The molecule has 92 heavy (non-hydrogen) atoms. The van der Waals surface area contributed by atoms with Crippen LogP contribution in [-0.4, -0.2) is 87.5 Å². The maximum absolute atomic E-state index is 13.2. The molecule has 7 atom stereocenters. The first-order chi connectivity index (χ1) is 45.3. The molecule has 0 radical (unpaired) electrons. The lowest BCUT2D eigenvalue weighted by molar-refractivity contribution is -0.302. The van der Waals surface area contributed by atoms with E-state index in [0.29, 0.717) is 6.42 Å². The van der Waals surface area contributed by atoms with Crippen molar-refractivity contribution in [2.75, 3.05) is 13.2 Å². The molecule has 0 aromatic carbocycles. The second-order valence-electron chi connectivity index (χ2n) is 27.1. The van der Waals surface area contributed by atoms with E-state index in [1.54, 1.807) is 6.08 Å². The molecule has 534 valence electrons. The molecular weight excluding hydrogens is 1140 g/mol. The lowest BCUT2D eigenvalue weighted by atomic mass is 9.99. The van der Waals surface area contributed by atoms with Crippen molar-refractivity contribution in [3.63, 3.8) is 0 Å². The Labute approximate surface area is 568 Å². The molecule has 1 saturated heterocycles. The SMILES string of the molecule is CC/C=C\C/C=C\C/C=C\C/C=C\C/C=C\CCCCCCCCCCCCCCCCCCCCCCCCCC(=O)NC(COC1OC(CO)C(O)C(O)C1O)C(O)/C=C/CC/C=C/CC/C=C/CCCCCCCCCCCCCCCCCCCCCC. The number of nitrogens with one attached hydrogen (secondary N) is 1. The summed E-state index contributed by atoms with van der Waals surface area (Å²) in [4.78, 5) is 13.2. The van der Waals surface area contributed by atoms with E-state index in [4.69, 9.17) is 9.47 Å². The fourth-order valence-electron chi connectivity index (χ4n) is 12.3. The highest BCUT2D eigenvalue weighted by molar-refractivity contribution is 5.76. The standard InChI is InChI=1S/C83H149NO8/c1-3-5-7-9-11-13-15-17-19-21-23-25-27-29-31-33-35-36-37-38-39-40-41-42-43-45-47-49-51-53-55-57-59-61-63-65-67-69-71-73-79(87)84-76(75-91-83-82(90)81(89)80(88)78(74-85)92-83)77(86)72-70-68-66-64-62-60-58-56-54-52-50-48-46-44-34-32-30-28-26-24-22-20-18-16-14-12-10-8-6-4-2/h5,7,11,13,17,19,23,25,29,31,54,56,62,64,70,72,76-78,80-83,85-86,88-90H,3-4,6,8-10,12,14-16,18,20-22,24,26-28,30,32-53,55,57-61,63,65-69,71,73-75H2,1-2H3,(H,84,87)/b7-5-,13-11-,19-17-,25-23-,31-29-,56-54+,64-62+,72-70+. The van der Waals surface area contributed by atoms with Crippen LogP contribution in [0.1, 0.15) is 367 Å². The van der Waals surface area contributed by atoms with Gasteiger partial charge in [0.2, 0.25) is 5.91 Å². The molecule has 0 aromatic rings. The summed E-state index contributed by atoms with van der Waals surface area (Å²) in [5, 5.41) is 54.9. The Hall–Kier alpha value is -2.89. The van der Waals surface area contributed by atoms with Crippen molar-refractivity contribution in [2.24, 2.45) is 0 Å². The smallest absolute Gasteiger partial charge is 0.220 e. The lowest BCUT2D eigenvalue weighted by Crippen LogP contribution is -2.60. The van der Waals surface area contributed by atoms with Gasteiger partial charge in [0.15, 0.2) is 6.29 Å². The van der Waals surface area contributed by atoms with Gasteiger partial charge in [0, 0.05) is 6.42 Å². The predicted molar refractivity (Wildman–Crippen MR) is 396 cm³/mol. The summed E-state index contributed by atoms with van der Waals surface area (Å²) in [7, 11) is 0. The maximum atomic E-state index is 13.2. The Bertz CT molecular complexity index is 1780. The van der Waals surface area contributed by atoms with Crippen LogP contribution in [0.3, 0.4) is 0 Å². The number of unbranched alkanes of at least 4 members (excludes halogenated alkanes) is 45. The topological polar surface area (TPSA) is 149 Å².